The molecule has 1 aromatic heterocycles. The zero-order valence-electron chi connectivity index (χ0n) is 13.7. The average Bonchev–Trinajstić information content (AvgIpc) is 2.85. The lowest BCUT2D eigenvalue weighted by atomic mass is 10.0. The summed E-state index contributed by atoms with van der Waals surface area (Å²) < 4.78 is 11.1. The highest BCUT2D eigenvalue weighted by atomic mass is 16.5. The molecule has 23 heavy (non-hydrogen) atoms. The van der Waals surface area contributed by atoms with Crippen molar-refractivity contribution in [2.75, 3.05) is 19.8 Å². The van der Waals surface area contributed by atoms with Crippen molar-refractivity contribution in [3.8, 4) is 0 Å². The molecule has 1 aromatic carbocycles. The minimum Gasteiger partial charge on any atom is -0.379 e. The van der Waals surface area contributed by atoms with Crippen molar-refractivity contribution in [3.05, 3.63) is 35.5 Å². The quantitative estimate of drug-likeness (QED) is 0.890. The van der Waals surface area contributed by atoms with Gasteiger partial charge in [-0.05, 0) is 31.9 Å². The number of nitrogens with one attached hydrogen (secondary N) is 2. The van der Waals surface area contributed by atoms with Crippen molar-refractivity contribution in [1.29, 1.82) is 0 Å². The fourth-order valence-corrected chi connectivity index (χ4v) is 3.24. The number of H-pyrrole nitrogens is 1. The number of aryl methyl sites for hydroxylation is 1. The number of hydrogen-bond acceptors (Lipinski definition) is 3. The summed E-state index contributed by atoms with van der Waals surface area (Å²) in [6, 6.07) is 8.12. The van der Waals surface area contributed by atoms with E-state index in [1.807, 2.05) is 32.0 Å². The zero-order valence-corrected chi connectivity index (χ0v) is 13.7. The van der Waals surface area contributed by atoms with Gasteiger partial charge in [-0.25, -0.2) is 0 Å². The van der Waals surface area contributed by atoms with Crippen LogP contribution in [-0.4, -0.2) is 42.9 Å². The van der Waals surface area contributed by atoms with E-state index in [9.17, 15) is 4.79 Å². The summed E-state index contributed by atoms with van der Waals surface area (Å²) in [4.78, 5) is 15.8. The number of aromatic nitrogens is 1. The predicted octanol–water partition coefficient (Wildman–Crippen LogP) is 2.33. The van der Waals surface area contributed by atoms with Gasteiger partial charge < -0.3 is 19.8 Å². The van der Waals surface area contributed by atoms with Crippen LogP contribution in [0.3, 0.4) is 0 Å². The normalized spacial score (nSPS) is 21.5. The first kappa shape index (κ1) is 16.0. The Bertz CT molecular complexity index is 678. The molecule has 3 rings (SSSR count). The molecule has 5 nitrogen and oxygen atoms in total. The third-order valence-corrected chi connectivity index (χ3v) is 4.40. The fraction of sp³-hybridized carbons (Fsp3) is 0.500. The van der Waals surface area contributed by atoms with Crippen LogP contribution in [-0.2, 0) is 20.7 Å². The summed E-state index contributed by atoms with van der Waals surface area (Å²) in [6.45, 7) is 5.82. The fourth-order valence-electron chi connectivity index (χ4n) is 3.24. The molecular formula is C18H24N2O3. The van der Waals surface area contributed by atoms with Crippen LogP contribution in [0.1, 0.15) is 24.6 Å². The van der Waals surface area contributed by atoms with Crippen molar-refractivity contribution in [2.24, 2.45) is 0 Å². The molecule has 1 amide bonds. The van der Waals surface area contributed by atoms with Crippen LogP contribution < -0.4 is 5.32 Å². The Kier molecular flexibility index (Phi) is 4.98. The molecule has 0 unspecified atom stereocenters. The van der Waals surface area contributed by atoms with Gasteiger partial charge in [-0.3, -0.25) is 4.79 Å². The summed E-state index contributed by atoms with van der Waals surface area (Å²) in [7, 11) is 0. The Morgan fingerprint density at radius 3 is 3.09 bits per heavy atom. The molecule has 1 aliphatic rings. The second kappa shape index (κ2) is 7.15. The highest BCUT2D eigenvalue weighted by Gasteiger charge is 2.27. The number of amides is 1. The van der Waals surface area contributed by atoms with Gasteiger partial charge in [0, 0.05) is 29.8 Å². The third-order valence-electron chi connectivity index (χ3n) is 4.40. The Morgan fingerprint density at radius 1 is 1.43 bits per heavy atom. The van der Waals surface area contributed by atoms with Crippen LogP contribution in [0.4, 0.5) is 0 Å². The molecule has 0 aliphatic carbocycles. The number of carbonyl (C=O) groups excluding carboxylic acids is 1. The smallest absolute Gasteiger partial charge is 0.224 e. The molecule has 0 saturated carbocycles. The molecule has 1 fully saturated rings. The van der Waals surface area contributed by atoms with Crippen molar-refractivity contribution in [3.63, 3.8) is 0 Å². The molecule has 0 radical (unpaired) electrons. The summed E-state index contributed by atoms with van der Waals surface area (Å²) in [5.41, 5.74) is 3.19. The highest BCUT2D eigenvalue weighted by molar-refractivity contribution is 5.90. The van der Waals surface area contributed by atoms with Crippen LogP contribution in [0.25, 0.3) is 10.9 Å². The van der Waals surface area contributed by atoms with Crippen molar-refractivity contribution >= 4 is 16.8 Å². The third kappa shape index (κ3) is 3.57. The van der Waals surface area contributed by atoms with E-state index in [1.165, 1.54) is 0 Å². The summed E-state index contributed by atoms with van der Waals surface area (Å²) >= 11 is 0. The number of benzene rings is 1. The van der Waals surface area contributed by atoms with Gasteiger partial charge in [0.1, 0.15) is 6.10 Å². The molecule has 0 bridgehead atoms. The number of rotatable bonds is 5. The van der Waals surface area contributed by atoms with Gasteiger partial charge in [0.05, 0.1) is 19.1 Å². The molecule has 5 heteroatoms. The Morgan fingerprint density at radius 2 is 2.26 bits per heavy atom. The number of ether oxygens (including phenoxy) is 2. The Labute approximate surface area is 136 Å². The van der Waals surface area contributed by atoms with Gasteiger partial charge in [-0.1, -0.05) is 18.2 Å². The molecule has 2 aromatic rings. The number of carbonyl (C=O) groups is 1. The van der Waals surface area contributed by atoms with E-state index in [4.69, 9.17) is 9.47 Å². The SMILES string of the molecule is CCO[C@@H]1COCC[C@H]1NC(=O)Cc1c(C)[nH]c2ccccc12. The van der Waals surface area contributed by atoms with Crippen molar-refractivity contribution in [1.82, 2.24) is 10.3 Å². The van der Waals surface area contributed by atoms with Crippen LogP contribution in [0.5, 0.6) is 0 Å². The monoisotopic (exact) mass is 316 g/mol. The largest absolute Gasteiger partial charge is 0.379 e. The lowest BCUT2D eigenvalue weighted by Gasteiger charge is -2.31. The van der Waals surface area contributed by atoms with E-state index < -0.39 is 0 Å². The minimum atomic E-state index is -0.0539. The van der Waals surface area contributed by atoms with E-state index in [2.05, 4.69) is 16.4 Å². The maximum atomic E-state index is 12.5. The molecule has 1 aliphatic heterocycles. The molecule has 0 spiro atoms. The molecule has 2 atom stereocenters. The Hall–Kier alpha value is -1.85. The van der Waals surface area contributed by atoms with E-state index in [-0.39, 0.29) is 18.1 Å². The van der Waals surface area contributed by atoms with Crippen LogP contribution in [0.15, 0.2) is 24.3 Å². The molecule has 2 heterocycles. The minimum absolute atomic E-state index is 0.0294. The highest BCUT2D eigenvalue weighted by Crippen LogP contribution is 2.22. The second-order valence-electron chi connectivity index (χ2n) is 5.98. The first-order chi connectivity index (χ1) is 11.2. The Balaban J connectivity index is 1.69. The standard InChI is InChI=1S/C18H24N2O3/c1-3-23-17-11-22-9-8-16(17)20-18(21)10-14-12(2)19-15-7-5-4-6-13(14)15/h4-7,16-17,19H,3,8-11H2,1-2H3,(H,20,21)/t16-,17-/m1/s1. The first-order valence-electron chi connectivity index (χ1n) is 8.24. The number of aromatic amines is 1. The van der Waals surface area contributed by atoms with Gasteiger partial charge >= 0.3 is 0 Å². The van der Waals surface area contributed by atoms with Crippen LogP contribution in [0.2, 0.25) is 0 Å². The summed E-state index contributed by atoms with van der Waals surface area (Å²) in [6.07, 6.45) is 1.12. The molecular weight excluding hydrogens is 292 g/mol. The van der Waals surface area contributed by atoms with Gasteiger partial charge in [0.25, 0.3) is 0 Å². The zero-order chi connectivity index (χ0) is 16.2. The number of para-hydroxylation sites is 1. The van der Waals surface area contributed by atoms with Crippen molar-refractivity contribution in [2.45, 2.75) is 38.8 Å². The average molecular weight is 316 g/mol. The topological polar surface area (TPSA) is 63.4 Å². The van der Waals surface area contributed by atoms with Crippen LogP contribution in [0, 0.1) is 6.92 Å². The molecule has 1 saturated heterocycles. The summed E-state index contributed by atoms with van der Waals surface area (Å²) in [5, 5.41) is 4.25. The van der Waals surface area contributed by atoms with Gasteiger partial charge in [-0.15, -0.1) is 0 Å². The van der Waals surface area contributed by atoms with E-state index in [1.54, 1.807) is 0 Å². The maximum Gasteiger partial charge on any atom is 0.224 e. The van der Waals surface area contributed by atoms with E-state index in [0.717, 1.165) is 28.6 Å². The maximum absolute atomic E-state index is 12.5. The van der Waals surface area contributed by atoms with Gasteiger partial charge in [0.15, 0.2) is 0 Å². The second-order valence-corrected chi connectivity index (χ2v) is 5.98. The predicted molar refractivity (Wildman–Crippen MR) is 89.5 cm³/mol. The van der Waals surface area contributed by atoms with Crippen molar-refractivity contribution < 1.29 is 14.3 Å². The van der Waals surface area contributed by atoms with E-state index in [0.29, 0.717) is 26.2 Å². The van der Waals surface area contributed by atoms with Crippen LogP contribution >= 0.6 is 0 Å². The first-order valence-corrected chi connectivity index (χ1v) is 8.24. The number of fused-ring (bicyclic) bond motifs is 1. The lowest BCUT2D eigenvalue weighted by Crippen LogP contribution is -2.50. The number of hydrogen-bond donors (Lipinski definition) is 2. The lowest BCUT2D eigenvalue weighted by molar-refractivity contribution is -0.125. The van der Waals surface area contributed by atoms with Gasteiger partial charge in [0.2, 0.25) is 5.91 Å². The molecule has 2 N–H and O–H groups in total. The molecule has 124 valence electrons. The van der Waals surface area contributed by atoms with E-state index >= 15 is 0 Å². The van der Waals surface area contributed by atoms with Gasteiger partial charge in [-0.2, -0.15) is 0 Å². The summed E-state index contributed by atoms with van der Waals surface area (Å²) in [5.74, 6) is 0.0365.